The van der Waals surface area contributed by atoms with Crippen molar-refractivity contribution in [2.45, 2.75) is 90.4 Å². The third kappa shape index (κ3) is 9.79. The molecule has 1 aromatic carbocycles. The molecule has 0 bridgehead atoms. The Balaban J connectivity index is 2.44. The first kappa shape index (κ1) is 30.9. The van der Waals surface area contributed by atoms with Gasteiger partial charge in [0.1, 0.15) is 12.2 Å². The Morgan fingerprint density at radius 2 is 1.76 bits per heavy atom. The van der Waals surface area contributed by atoms with E-state index in [-0.39, 0.29) is 18.3 Å². The lowest BCUT2D eigenvalue weighted by atomic mass is 9.68. The maximum atomic E-state index is 12.3. The van der Waals surface area contributed by atoms with E-state index >= 15 is 0 Å². The molecule has 9 nitrogen and oxygen atoms in total. The lowest BCUT2D eigenvalue weighted by Gasteiger charge is -2.45. The van der Waals surface area contributed by atoms with Gasteiger partial charge in [-0.05, 0) is 88.6 Å². The predicted octanol–water partition coefficient (Wildman–Crippen LogP) is 3.12. The number of aliphatic hydroxyl groups is 2. The number of rotatable bonds is 15. The molecular weight excluding hydrogens is 478 g/mol. The third-order valence-electron chi connectivity index (χ3n) is 7.37. The zero-order valence-electron chi connectivity index (χ0n) is 22.7. The molecule has 0 saturated carbocycles. The van der Waals surface area contributed by atoms with Gasteiger partial charge in [-0.25, -0.2) is 0 Å². The number of piperidine rings is 1. The molecular formula is C28H45NO8. The number of phenolic OH excluding ortho intramolecular Hbond substituents is 1. The number of hydrogen-bond donors (Lipinski definition) is 4. The number of methoxy groups -OCH3 is 1. The number of hydrogen-bond acceptors (Lipinski definition) is 9. The fourth-order valence-corrected chi connectivity index (χ4v) is 5.49. The van der Waals surface area contributed by atoms with Gasteiger partial charge in [-0.3, -0.25) is 9.59 Å². The number of carbonyl (C=O) groups excluding carboxylic acids is 2. The standard InChI is InChI=1S/C28H45NO8/c1-19(31)7-9-23(6-5-15-30)25(36-20(2)32)17-27(37-21(3)33)28(11-13-29-14-12-28)18-22-8-10-24(34)26(16-22)35-4/h8,10,16,19,23,25,27,29-31,34H,5-7,9,11-15,17-18H2,1-4H3/t19-,23+,25-,27+/m0/s1. The van der Waals surface area contributed by atoms with Crippen LogP contribution in [0.15, 0.2) is 18.2 Å². The summed E-state index contributed by atoms with van der Waals surface area (Å²) < 4.78 is 17.1. The Hall–Kier alpha value is -2.36. The Labute approximate surface area is 220 Å². The monoisotopic (exact) mass is 523 g/mol. The first-order valence-corrected chi connectivity index (χ1v) is 13.3. The second kappa shape index (κ2) is 15.1. The average Bonchev–Trinajstić information content (AvgIpc) is 2.84. The molecule has 1 aliphatic rings. The molecule has 0 aromatic heterocycles. The van der Waals surface area contributed by atoms with Crippen LogP contribution < -0.4 is 10.1 Å². The second-order valence-corrected chi connectivity index (χ2v) is 10.3. The van der Waals surface area contributed by atoms with Gasteiger partial charge in [-0.15, -0.1) is 0 Å². The smallest absolute Gasteiger partial charge is 0.302 e. The molecule has 1 fully saturated rings. The van der Waals surface area contributed by atoms with Gasteiger partial charge < -0.3 is 34.8 Å². The Morgan fingerprint density at radius 3 is 2.32 bits per heavy atom. The number of esters is 2. The van der Waals surface area contributed by atoms with Crippen LogP contribution >= 0.6 is 0 Å². The highest BCUT2D eigenvalue weighted by Gasteiger charge is 2.44. The van der Waals surface area contributed by atoms with Crippen LogP contribution in [0.5, 0.6) is 11.5 Å². The van der Waals surface area contributed by atoms with Crippen LogP contribution in [0.25, 0.3) is 0 Å². The van der Waals surface area contributed by atoms with Crippen LogP contribution in [0.2, 0.25) is 0 Å². The summed E-state index contributed by atoms with van der Waals surface area (Å²) in [6.45, 7) is 6.01. The van der Waals surface area contributed by atoms with Crippen LogP contribution in [0, 0.1) is 11.3 Å². The number of phenols is 1. The van der Waals surface area contributed by atoms with Gasteiger partial charge in [0, 0.05) is 32.3 Å². The molecule has 0 amide bonds. The third-order valence-corrected chi connectivity index (χ3v) is 7.37. The van der Waals surface area contributed by atoms with Crippen molar-refractivity contribution in [2.75, 3.05) is 26.8 Å². The number of aliphatic hydroxyl groups excluding tert-OH is 2. The van der Waals surface area contributed by atoms with Gasteiger partial charge >= 0.3 is 11.9 Å². The average molecular weight is 524 g/mol. The molecule has 4 atom stereocenters. The predicted molar refractivity (Wildman–Crippen MR) is 139 cm³/mol. The summed E-state index contributed by atoms with van der Waals surface area (Å²) >= 11 is 0. The van der Waals surface area contributed by atoms with Gasteiger partial charge in [0.2, 0.25) is 0 Å². The fourth-order valence-electron chi connectivity index (χ4n) is 5.49. The highest BCUT2D eigenvalue weighted by molar-refractivity contribution is 5.66. The van der Waals surface area contributed by atoms with Gasteiger partial charge in [0.25, 0.3) is 0 Å². The van der Waals surface area contributed by atoms with Crippen LogP contribution in [0.1, 0.15) is 71.3 Å². The number of aromatic hydroxyl groups is 1. The minimum Gasteiger partial charge on any atom is -0.504 e. The van der Waals surface area contributed by atoms with Gasteiger partial charge in [-0.2, -0.15) is 0 Å². The van der Waals surface area contributed by atoms with Crippen LogP contribution in [0.4, 0.5) is 0 Å². The molecule has 37 heavy (non-hydrogen) atoms. The Bertz CT molecular complexity index is 853. The maximum Gasteiger partial charge on any atom is 0.302 e. The van der Waals surface area contributed by atoms with Crippen molar-refractivity contribution in [2.24, 2.45) is 11.3 Å². The van der Waals surface area contributed by atoms with Crippen molar-refractivity contribution in [3.8, 4) is 11.5 Å². The van der Waals surface area contributed by atoms with Gasteiger partial charge in [-0.1, -0.05) is 6.07 Å². The maximum absolute atomic E-state index is 12.3. The normalized spacial score (nSPS) is 18.3. The van der Waals surface area contributed by atoms with E-state index in [9.17, 15) is 24.9 Å². The molecule has 1 aromatic rings. The summed E-state index contributed by atoms with van der Waals surface area (Å²) in [4.78, 5) is 24.5. The van der Waals surface area contributed by atoms with E-state index in [1.807, 2.05) is 6.07 Å². The van der Waals surface area contributed by atoms with Crippen molar-refractivity contribution < 1.29 is 39.1 Å². The minimum absolute atomic E-state index is 0.0175. The molecule has 0 unspecified atom stereocenters. The number of ether oxygens (including phenoxy) is 3. The van der Waals surface area contributed by atoms with Crippen molar-refractivity contribution in [3.05, 3.63) is 23.8 Å². The lowest BCUT2D eigenvalue weighted by molar-refractivity contribution is -0.165. The number of benzene rings is 1. The summed E-state index contributed by atoms with van der Waals surface area (Å²) in [6.07, 6.45) is 3.16. The fraction of sp³-hybridized carbons (Fsp3) is 0.714. The highest BCUT2D eigenvalue weighted by Crippen LogP contribution is 2.43. The minimum atomic E-state index is -0.534. The summed E-state index contributed by atoms with van der Waals surface area (Å²) in [5.41, 5.74) is 0.520. The largest absolute Gasteiger partial charge is 0.504 e. The molecule has 9 heteroatoms. The van der Waals surface area contributed by atoms with E-state index in [4.69, 9.17) is 14.2 Å². The zero-order valence-corrected chi connectivity index (χ0v) is 22.7. The molecule has 0 radical (unpaired) electrons. The Morgan fingerprint density at radius 1 is 1.08 bits per heavy atom. The summed E-state index contributed by atoms with van der Waals surface area (Å²) in [5, 5.41) is 32.8. The van der Waals surface area contributed by atoms with E-state index in [1.54, 1.807) is 19.1 Å². The molecule has 1 saturated heterocycles. The highest BCUT2D eigenvalue weighted by atomic mass is 16.6. The quantitative estimate of drug-likeness (QED) is 0.256. The first-order valence-electron chi connectivity index (χ1n) is 13.3. The first-order chi connectivity index (χ1) is 17.6. The topological polar surface area (TPSA) is 135 Å². The van der Waals surface area contributed by atoms with Crippen molar-refractivity contribution >= 4 is 11.9 Å². The molecule has 0 aliphatic carbocycles. The van der Waals surface area contributed by atoms with E-state index < -0.39 is 35.7 Å². The summed E-state index contributed by atoms with van der Waals surface area (Å²) in [7, 11) is 1.50. The molecule has 4 N–H and O–H groups in total. The number of nitrogens with one attached hydrogen (secondary N) is 1. The van der Waals surface area contributed by atoms with Crippen LogP contribution in [-0.4, -0.2) is 72.4 Å². The van der Waals surface area contributed by atoms with Crippen molar-refractivity contribution in [1.29, 1.82) is 0 Å². The van der Waals surface area contributed by atoms with Crippen LogP contribution in [-0.2, 0) is 25.5 Å². The summed E-state index contributed by atoms with van der Waals surface area (Å²) in [5.74, 6) is -0.479. The summed E-state index contributed by atoms with van der Waals surface area (Å²) in [6, 6.07) is 5.26. The molecule has 0 spiro atoms. The molecule has 1 aliphatic heterocycles. The van der Waals surface area contributed by atoms with Crippen LogP contribution in [0.3, 0.4) is 0 Å². The molecule has 1 heterocycles. The van der Waals surface area contributed by atoms with Crippen molar-refractivity contribution in [1.82, 2.24) is 5.32 Å². The zero-order chi connectivity index (χ0) is 27.4. The second-order valence-electron chi connectivity index (χ2n) is 10.3. The molecule has 210 valence electrons. The Kier molecular flexibility index (Phi) is 12.6. The van der Waals surface area contributed by atoms with E-state index in [0.29, 0.717) is 44.3 Å². The van der Waals surface area contributed by atoms with E-state index in [1.165, 1.54) is 21.0 Å². The van der Waals surface area contributed by atoms with Gasteiger partial charge in [0.15, 0.2) is 11.5 Å². The SMILES string of the molecule is COc1cc(CC2([C@@H](C[C@H](OC(C)=O)[C@H](CCCO)CC[C@H](C)O)OC(C)=O)CCNCC2)ccc1O. The van der Waals surface area contributed by atoms with E-state index in [0.717, 1.165) is 31.5 Å². The molecule has 2 rings (SSSR count). The lowest BCUT2D eigenvalue weighted by Crippen LogP contribution is -2.49. The van der Waals surface area contributed by atoms with E-state index in [2.05, 4.69) is 5.32 Å². The van der Waals surface area contributed by atoms with Gasteiger partial charge in [0.05, 0.1) is 13.2 Å². The van der Waals surface area contributed by atoms with Crippen molar-refractivity contribution in [3.63, 3.8) is 0 Å². The number of carbonyl (C=O) groups is 2.